The summed E-state index contributed by atoms with van der Waals surface area (Å²) in [6.07, 6.45) is 6.07. The zero-order valence-corrected chi connectivity index (χ0v) is 19.4. The van der Waals surface area contributed by atoms with E-state index in [2.05, 4.69) is 4.98 Å². The van der Waals surface area contributed by atoms with E-state index in [4.69, 9.17) is 5.14 Å². The molecule has 4 rings (SSSR count). The molecule has 1 aliphatic carbocycles. The van der Waals surface area contributed by atoms with Gasteiger partial charge in [-0.05, 0) is 54.4 Å². The Balaban J connectivity index is 0.000000203. The minimum Gasteiger partial charge on any atom is -0.481 e. The van der Waals surface area contributed by atoms with Crippen LogP contribution in [0.25, 0.3) is 11.3 Å². The lowest BCUT2D eigenvalue weighted by Gasteiger charge is -2.34. The third kappa shape index (κ3) is 5.73. The number of benzene rings is 2. The van der Waals surface area contributed by atoms with Gasteiger partial charge in [0.2, 0.25) is 10.0 Å². The summed E-state index contributed by atoms with van der Waals surface area (Å²) in [4.78, 5) is 26.0. The van der Waals surface area contributed by atoms with Crippen molar-refractivity contribution in [2.24, 2.45) is 10.6 Å². The standard InChI is InChI=1S/C15H13FO4.C10H10N2O2S/c1-15(14(19)20)8-2-3-11(13(17)18)12(15)9-4-6-10(16)7-5-9;11-15(13,14)9-5-3-8(4-6-9)10-2-1-7-12-10/h2-8,12H,1H3,(H,17,18)(H,19,20);1-7,12H,(H2,11,13,14). The average Bonchev–Trinajstić information content (AvgIpc) is 3.34. The Morgan fingerprint density at radius 2 is 1.66 bits per heavy atom. The van der Waals surface area contributed by atoms with Crippen molar-refractivity contribution in [2.75, 3.05) is 0 Å². The maximum Gasteiger partial charge on any atom is 0.332 e. The molecule has 0 spiro atoms. The van der Waals surface area contributed by atoms with E-state index in [-0.39, 0.29) is 10.5 Å². The molecule has 0 fully saturated rings. The fraction of sp³-hybridized carbons (Fsp3) is 0.120. The van der Waals surface area contributed by atoms with Gasteiger partial charge in [0.1, 0.15) is 5.82 Å². The molecule has 2 atom stereocenters. The van der Waals surface area contributed by atoms with Crippen molar-refractivity contribution in [3.8, 4) is 11.3 Å². The van der Waals surface area contributed by atoms with E-state index >= 15 is 0 Å². The van der Waals surface area contributed by atoms with Gasteiger partial charge >= 0.3 is 11.9 Å². The van der Waals surface area contributed by atoms with E-state index in [1.54, 1.807) is 12.1 Å². The molecule has 5 N–H and O–H groups in total. The fourth-order valence-corrected chi connectivity index (χ4v) is 4.29. The van der Waals surface area contributed by atoms with Gasteiger partial charge < -0.3 is 15.2 Å². The Morgan fingerprint density at radius 3 is 2.14 bits per heavy atom. The van der Waals surface area contributed by atoms with Crippen LogP contribution in [0.4, 0.5) is 4.39 Å². The van der Waals surface area contributed by atoms with Crippen LogP contribution in [0.5, 0.6) is 0 Å². The number of aromatic amines is 1. The predicted molar refractivity (Wildman–Crippen MR) is 127 cm³/mol. The summed E-state index contributed by atoms with van der Waals surface area (Å²) in [5, 5.41) is 23.7. The van der Waals surface area contributed by atoms with E-state index < -0.39 is 39.1 Å². The molecule has 0 saturated carbocycles. The van der Waals surface area contributed by atoms with Crippen LogP contribution in [0.2, 0.25) is 0 Å². The van der Waals surface area contributed by atoms with E-state index in [1.165, 1.54) is 61.5 Å². The number of carboxylic acids is 2. The van der Waals surface area contributed by atoms with Crippen molar-refractivity contribution in [3.63, 3.8) is 0 Å². The van der Waals surface area contributed by atoms with Crippen molar-refractivity contribution >= 4 is 22.0 Å². The number of rotatable bonds is 5. The van der Waals surface area contributed by atoms with Crippen molar-refractivity contribution in [2.45, 2.75) is 17.7 Å². The van der Waals surface area contributed by atoms with Gasteiger partial charge in [0.05, 0.1) is 10.3 Å². The molecule has 2 aromatic carbocycles. The van der Waals surface area contributed by atoms with Crippen molar-refractivity contribution in [3.05, 3.63) is 102 Å². The number of hydrogen-bond acceptors (Lipinski definition) is 4. The number of H-pyrrole nitrogens is 1. The first-order valence-electron chi connectivity index (χ1n) is 10.3. The van der Waals surface area contributed by atoms with Gasteiger partial charge in [-0.15, -0.1) is 0 Å². The minimum atomic E-state index is -3.60. The van der Waals surface area contributed by atoms with Crippen LogP contribution in [0.1, 0.15) is 18.4 Å². The summed E-state index contributed by atoms with van der Waals surface area (Å²) in [7, 11) is -3.60. The van der Waals surface area contributed by atoms with Gasteiger partial charge in [0, 0.05) is 23.4 Å². The van der Waals surface area contributed by atoms with Gasteiger partial charge in [0.15, 0.2) is 0 Å². The minimum absolute atomic E-state index is 0.0241. The van der Waals surface area contributed by atoms with Gasteiger partial charge in [-0.25, -0.2) is 22.7 Å². The van der Waals surface area contributed by atoms with E-state index in [0.717, 1.165) is 11.3 Å². The van der Waals surface area contributed by atoms with E-state index in [9.17, 15) is 32.6 Å². The van der Waals surface area contributed by atoms with Crippen LogP contribution >= 0.6 is 0 Å². The molecule has 0 aliphatic heterocycles. The largest absolute Gasteiger partial charge is 0.481 e. The smallest absolute Gasteiger partial charge is 0.332 e. The lowest BCUT2D eigenvalue weighted by Crippen LogP contribution is -2.36. The van der Waals surface area contributed by atoms with Gasteiger partial charge in [-0.2, -0.15) is 0 Å². The number of hydrogen-bond donors (Lipinski definition) is 4. The Kier molecular flexibility index (Phi) is 7.37. The number of carbonyl (C=O) groups is 2. The fourth-order valence-electron chi connectivity index (χ4n) is 3.77. The topological polar surface area (TPSA) is 151 Å². The average molecular weight is 499 g/mol. The van der Waals surface area contributed by atoms with Crippen LogP contribution in [-0.2, 0) is 19.6 Å². The zero-order chi connectivity index (χ0) is 25.8. The Morgan fingerprint density at radius 1 is 1.03 bits per heavy atom. The summed E-state index contributed by atoms with van der Waals surface area (Å²) in [6.45, 7) is 1.45. The first-order chi connectivity index (χ1) is 16.4. The second-order valence-corrected chi connectivity index (χ2v) is 9.57. The highest BCUT2D eigenvalue weighted by atomic mass is 32.2. The number of allylic oxidation sites excluding steroid dienone is 2. The molecule has 8 nitrogen and oxygen atoms in total. The lowest BCUT2D eigenvalue weighted by molar-refractivity contribution is -0.146. The summed E-state index contributed by atoms with van der Waals surface area (Å²) in [5.74, 6) is -3.65. The van der Waals surface area contributed by atoms with Crippen LogP contribution in [0.3, 0.4) is 0 Å². The molecule has 1 heterocycles. The SMILES string of the molecule is CC1(C(=O)O)C=CC=C(C(=O)O)C1c1ccc(F)cc1.NS(=O)(=O)c1ccc(-c2ccc[nH]2)cc1. The third-order valence-corrected chi connectivity index (χ3v) is 6.56. The summed E-state index contributed by atoms with van der Waals surface area (Å²) < 4.78 is 35.0. The molecule has 182 valence electrons. The number of aliphatic carboxylic acids is 2. The van der Waals surface area contributed by atoms with Crippen molar-refractivity contribution in [1.82, 2.24) is 4.98 Å². The molecule has 2 unspecified atom stereocenters. The molecule has 1 aromatic heterocycles. The van der Waals surface area contributed by atoms with Gasteiger partial charge in [-0.3, -0.25) is 4.79 Å². The Labute approximate surface area is 201 Å². The third-order valence-electron chi connectivity index (χ3n) is 5.63. The summed E-state index contributed by atoms with van der Waals surface area (Å²) >= 11 is 0. The number of halogens is 1. The number of nitrogens with one attached hydrogen (secondary N) is 1. The molecular formula is C25H23FN2O6S. The molecule has 3 aromatic rings. The van der Waals surface area contributed by atoms with Crippen LogP contribution < -0.4 is 5.14 Å². The van der Waals surface area contributed by atoms with Crippen LogP contribution in [-0.4, -0.2) is 35.6 Å². The Bertz CT molecular complexity index is 1380. The molecule has 0 saturated heterocycles. The molecule has 10 heteroatoms. The second-order valence-electron chi connectivity index (χ2n) is 8.01. The number of carboxylic acid groups (broad SMARTS) is 2. The van der Waals surface area contributed by atoms with Crippen molar-refractivity contribution < 1.29 is 32.6 Å². The first-order valence-corrected chi connectivity index (χ1v) is 11.9. The number of nitrogens with two attached hydrogens (primary N) is 1. The normalized spacial score (nSPS) is 19.3. The molecule has 0 amide bonds. The maximum absolute atomic E-state index is 13.0. The van der Waals surface area contributed by atoms with Gasteiger partial charge in [-0.1, -0.05) is 42.5 Å². The molecule has 0 bridgehead atoms. The van der Waals surface area contributed by atoms with E-state index in [0.29, 0.717) is 5.56 Å². The molecule has 35 heavy (non-hydrogen) atoms. The predicted octanol–water partition coefficient (Wildman–Crippen LogP) is 3.91. The summed E-state index contributed by atoms with van der Waals surface area (Å²) in [6, 6.07) is 15.4. The number of sulfonamides is 1. The van der Waals surface area contributed by atoms with E-state index in [1.807, 2.05) is 18.3 Å². The highest BCUT2D eigenvalue weighted by Crippen LogP contribution is 2.45. The molecule has 1 aliphatic rings. The number of aromatic nitrogens is 1. The monoisotopic (exact) mass is 498 g/mol. The first kappa shape index (κ1) is 25.6. The molecule has 0 radical (unpaired) electrons. The lowest BCUT2D eigenvalue weighted by atomic mass is 9.67. The highest BCUT2D eigenvalue weighted by molar-refractivity contribution is 7.89. The van der Waals surface area contributed by atoms with Gasteiger partial charge in [0.25, 0.3) is 0 Å². The number of primary sulfonamides is 1. The second kappa shape index (κ2) is 10.1. The zero-order valence-electron chi connectivity index (χ0n) is 18.6. The molecular weight excluding hydrogens is 475 g/mol. The Hall–Kier alpha value is -4.02. The highest BCUT2D eigenvalue weighted by Gasteiger charge is 2.45. The quantitative estimate of drug-likeness (QED) is 0.419. The van der Waals surface area contributed by atoms with Crippen LogP contribution in [0.15, 0.2) is 95.6 Å². The van der Waals surface area contributed by atoms with Crippen molar-refractivity contribution in [1.29, 1.82) is 0 Å². The maximum atomic E-state index is 13.0. The van der Waals surface area contributed by atoms with Crippen LogP contribution in [0, 0.1) is 11.2 Å². The summed E-state index contributed by atoms with van der Waals surface area (Å²) in [5.41, 5.74) is 0.905.